The van der Waals surface area contributed by atoms with Crippen molar-refractivity contribution in [1.29, 1.82) is 0 Å². The van der Waals surface area contributed by atoms with Gasteiger partial charge >= 0.3 is 6.03 Å². The molecular formula is C25H22FN5O. The molecular weight excluding hydrogens is 405 g/mol. The maximum Gasteiger partial charge on any atom is 0.332 e. The van der Waals surface area contributed by atoms with Crippen molar-refractivity contribution in [2.45, 2.75) is 13.0 Å². The van der Waals surface area contributed by atoms with Gasteiger partial charge in [-0.25, -0.2) is 19.1 Å². The lowest BCUT2D eigenvalue weighted by atomic mass is 10.1. The summed E-state index contributed by atoms with van der Waals surface area (Å²) >= 11 is 0. The van der Waals surface area contributed by atoms with Gasteiger partial charge in [-0.1, -0.05) is 48.5 Å². The van der Waals surface area contributed by atoms with Gasteiger partial charge in [0.2, 0.25) is 5.95 Å². The molecule has 32 heavy (non-hydrogen) atoms. The van der Waals surface area contributed by atoms with E-state index in [-0.39, 0.29) is 11.9 Å². The molecule has 2 N–H and O–H groups in total. The summed E-state index contributed by atoms with van der Waals surface area (Å²) in [6, 6.07) is 25.8. The third-order valence-corrected chi connectivity index (χ3v) is 4.83. The zero-order chi connectivity index (χ0) is 22.3. The van der Waals surface area contributed by atoms with Crippen LogP contribution >= 0.6 is 0 Å². The van der Waals surface area contributed by atoms with Gasteiger partial charge in [-0.2, -0.15) is 4.98 Å². The molecule has 2 amide bonds. The number of carbonyl (C=O) groups is 1. The van der Waals surface area contributed by atoms with E-state index < -0.39 is 6.03 Å². The van der Waals surface area contributed by atoms with Crippen LogP contribution in [-0.4, -0.2) is 16.0 Å². The van der Waals surface area contributed by atoms with E-state index in [4.69, 9.17) is 0 Å². The normalized spacial score (nSPS) is 11.4. The van der Waals surface area contributed by atoms with Crippen molar-refractivity contribution in [1.82, 2.24) is 9.97 Å². The molecule has 6 nitrogen and oxygen atoms in total. The Morgan fingerprint density at radius 2 is 1.56 bits per heavy atom. The number of rotatable bonds is 6. The third-order valence-electron chi connectivity index (χ3n) is 4.83. The largest absolute Gasteiger partial charge is 0.348 e. The fourth-order valence-electron chi connectivity index (χ4n) is 3.21. The van der Waals surface area contributed by atoms with E-state index in [1.807, 2.05) is 55.5 Å². The lowest BCUT2D eigenvalue weighted by Gasteiger charge is -2.23. The summed E-state index contributed by atoms with van der Waals surface area (Å²) in [5.74, 6) is 0.333. The highest BCUT2D eigenvalue weighted by atomic mass is 19.1. The predicted octanol–water partition coefficient (Wildman–Crippen LogP) is 6.16. The van der Waals surface area contributed by atoms with Crippen molar-refractivity contribution in [2.24, 2.45) is 0 Å². The zero-order valence-corrected chi connectivity index (χ0v) is 17.4. The van der Waals surface area contributed by atoms with Gasteiger partial charge in [0.05, 0.1) is 11.7 Å². The van der Waals surface area contributed by atoms with E-state index in [0.29, 0.717) is 23.1 Å². The van der Waals surface area contributed by atoms with Crippen molar-refractivity contribution in [3.8, 4) is 0 Å². The summed E-state index contributed by atoms with van der Waals surface area (Å²) in [5, 5.41) is 6.11. The number of nitrogens with one attached hydrogen (secondary N) is 2. The van der Waals surface area contributed by atoms with Crippen LogP contribution in [-0.2, 0) is 0 Å². The molecule has 0 unspecified atom stereocenters. The summed E-state index contributed by atoms with van der Waals surface area (Å²) in [6.07, 6.45) is 1.58. The number of aromatic nitrogens is 2. The first-order chi connectivity index (χ1) is 15.6. The summed E-state index contributed by atoms with van der Waals surface area (Å²) in [6.45, 7) is 2.01. The van der Waals surface area contributed by atoms with Crippen LogP contribution < -0.4 is 15.5 Å². The zero-order valence-electron chi connectivity index (χ0n) is 17.4. The topological polar surface area (TPSA) is 70.2 Å². The van der Waals surface area contributed by atoms with Gasteiger partial charge in [0.25, 0.3) is 0 Å². The first-order valence-corrected chi connectivity index (χ1v) is 10.2. The highest BCUT2D eigenvalue weighted by Gasteiger charge is 2.21. The summed E-state index contributed by atoms with van der Waals surface area (Å²) in [7, 11) is 0. The Labute approximate surface area is 185 Å². The van der Waals surface area contributed by atoms with Crippen LogP contribution in [0.2, 0.25) is 0 Å². The van der Waals surface area contributed by atoms with Gasteiger partial charge in [-0.05, 0) is 48.9 Å². The van der Waals surface area contributed by atoms with Gasteiger partial charge in [0.1, 0.15) is 11.6 Å². The smallest absolute Gasteiger partial charge is 0.332 e. The Kier molecular flexibility index (Phi) is 6.36. The molecule has 1 heterocycles. The lowest BCUT2D eigenvalue weighted by molar-refractivity contribution is 0.259. The van der Waals surface area contributed by atoms with E-state index in [9.17, 15) is 9.18 Å². The predicted molar refractivity (Wildman–Crippen MR) is 125 cm³/mol. The van der Waals surface area contributed by atoms with E-state index >= 15 is 0 Å². The lowest BCUT2D eigenvalue weighted by Crippen LogP contribution is -2.31. The maximum absolute atomic E-state index is 13.5. The van der Waals surface area contributed by atoms with Crippen LogP contribution in [0.1, 0.15) is 18.5 Å². The average molecular weight is 427 g/mol. The number of para-hydroxylation sites is 1. The molecule has 1 aromatic heterocycles. The quantitative estimate of drug-likeness (QED) is 0.387. The minimum Gasteiger partial charge on any atom is -0.348 e. The molecule has 0 spiro atoms. The van der Waals surface area contributed by atoms with Crippen LogP contribution in [0.4, 0.5) is 32.3 Å². The van der Waals surface area contributed by atoms with Gasteiger partial charge in [0, 0.05) is 18.0 Å². The number of benzene rings is 3. The maximum atomic E-state index is 13.5. The number of anilines is 4. The summed E-state index contributed by atoms with van der Waals surface area (Å²) in [5.41, 5.74) is 2.19. The molecule has 0 radical (unpaired) electrons. The Balaban J connectivity index is 1.64. The Bertz CT molecular complexity index is 1170. The first-order valence-electron chi connectivity index (χ1n) is 10.2. The van der Waals surface area contributed by atoms with Gasteiger partial charge in [-0.3, -0.25) is 0 Å². The van der Waals surface area contributed by atoms with Crippen molar-refractivity contribution in [3.05, 3.63) is 109 Å². The summed E-state index contributed by atoms with van der Waals surface area (Å²) in [4.78, 5) is 23.4. The number of nitrogens with zero attached hydrogens (tertiary/aromatic N) is 3. The molecule has 4 aromatic rings. The third kappa shape index (κ3) is 5.07. The molecule has 0 bridgehead atoms. The molecule has 1 atom stereocenters. The van der Waals surface area contributed by atoms with Crippen LogP contribution in [0, 0.1) is 5.82 Å². The molecule has 0 saturated carbocycles. The fraction of sp³-hybridized carbons (Fsp3) is 0.0800. The number of hydrogen-bond acceptors (Lipinski definition) is 4. The fourth-order valence-corrected chi connectivity index (χ4v) is 3.21. The molecule has 0 saturated heterocycles. The van der Waals surface area contributed by atoms with Gasteiger partial charge < -0.3 is 10.6 Å². The Morgan fingerprint density at radius 3 is 2.25 bits per heavy atom. The van der Waals surface area contributed by atoms with Crippen molar-refractivity contribution < 1.29 is 9.18 Å². The number of urea groups is 1. The Hall–Kier alpha value is -4.26. The second-order valence-electron chi connectivity index (χ2n) is 7.12. The van der Waals surface area contributed by atoms with Gasteiger partial charge in [0.15, 0.2) is 0 Å². The minimum absolute atomic E-state index is 0.0381. The van der Waals surface area contributed by atoms with Crippen LogP contribution in [0.15, 0.2) is 97.2 Å². The number of halogens is 1. The highest BCUT2D eigenvalue weighted by Crippen LogP contribution is 2.26. The van der Waals surface area contributed by atoms with Crippen molar-refractivity contribution >= 4 is 29.2 Å². The van der Waals surface area contributed by atoms with E-state index in [0.717, 1.165) is 5.56 Å². The second-order valence-corrected chi connectivity index (χ2v) is 7.12. The van der Waals surface area contributed by atoms with Crippen molar-refractivity contribution in [2.75, 3.05) is 15.5 Å². The minimum atomic E-state index is -0.427. The van der Waals surface area contributed by atoms with Crippen LogP contribution in [0.25, 0.3) is 0 Å². The number of hydrogen-bond donors (Lipinski definition) is 2. The highest BCUT2D eigenvalue weighted by molar-refractivity contribution is 6.06. The molecule has 0 aliphatic heterocycles. The SMILES string of the molecule is C[C@H](Nc1nccc(N(C(=O)Nc2ccccc2)c2ccc(F)cc2)n1)c1ccccc1. The molecule has 4 rings (SSSR count). The van der Waals surface area contributed by atoms with E-state index in [2.05, 4.69) is 20.6 Å². The molecule has 0 aliphatic carbocycles. The van der Waals surface area contributed by atoms with Crippen molar-refractivity contribution in [3.63, 3.8) is 0 Å². The monoisotopic (exact) mass is 427 g/mol. The van der Waals surface area contributed by atoms with Crippen LogP contribution in [0.5, 0.6) is 0 Å². The van der Waals surface area contributed by atoms with E-state index in [1.54, 1.807) is 24.4 Å². The molecule has 3 aromatic carbocycles. The van der Waals surface area contributed by atoms with E-state index in [1.165, 1.54) is 29.2 Å². The molecule has 0 fully saturated rings. The second kappa shape index (κ2) is 9.70. The molecule has 7 heteroatoms. The number of amides is 2. The van der Waals surface area contributed by atoms with Crippen LogP contribution in [0.3, 0.4) is 0 Å². The summed E-state index contributed by atoms with van der Waals surface area (Å²) < 4.78 is 13.5. The number of carbonyl (C=O) groups excluding carboxylic acids is 1. The van der Waals surface area contributed by atoms with Gasteiger partial charge in [-0.15, -0.1) is 0 Å². The first kappa shape index (κ1) is 21.0. The Morgan fingerprint density at radius 1 is 0.906 bits per heavy atom. The average Bonchev–Trinajstić information content (AvgIpc) is 2.82. The molecule has 160 valence electrons. The standard InChI is InChI=1S/C25H22FN5O/c1-18(19-8-4-2-5-9-19)28-24-27-17-16-23(30-24)31(22-14-12-20(26)13-15-22)25(32)29-21-10-6-3-7-11-21/h2-18H,1H3,(H,29,32)(H,27,28,30)/t18-/m0/s1. The molecule has 0 aliphatic rings.